The van der Waals surface area contributed by atoms with Gasteiger partial charge in [0.25, 0.3) is 0 Å². The van der Waals surface area contributed by atoms with Gasteiger partial charge in [-0.1, -0.05) is 0 Å². The van der Waals surface area contributed by atoms with Gasteiger partial charge < -0.3 is 4.74 Å². The molecule has 0 spiro atoms. The predicted molar refractivity (Wildman–Crippen MR) is 51.8 cm³/mol. The monoisotopic (exact) mass is 214 g/mol. The van der Waals surface area contributed by atoms with Crippen molar-refractivity contribution < 1.29 is 18.3 Å². The lowest BCUT2D eigenvalue weighted by Crippen LogP contribution is -2.13. The largest absolute Gasteiger partial charge is 0.381 e. The van der Waals surface area contributed by atoms with Crippen molar-refractivity contribution >= 4 is 5.78 Å². The summed E-state index contributed by atoms with van der Waals surface area (Å²) in [4.78, 5) is 11.5. The van der Waals surface area contributed by atoms with Gasteiger partial charge in [-0.15, -0.1) is 0 Å². The fourth-order valence-corrected chi connectivity index (χ4v) is 1.17. The highest BCUT2D eigenvalue weighted by molar-refractivity contribution is 5.96. The molecule has 2 nitrogen and oxygen atoms in total. The molecule has 0 N–H and O–H groups in total. The van der Waals surface area contributed by atoms with Gasteiger partial charge in [-0.05, 0) is 25.1 Å². The van der Waals surface area contributed by atoms with Crippen molar-refractivity contribution in [2.24, 2.45) is 0 Å². The molecule has 0 saturated carbocycles. The first kappa shape index (κ1) is 11.8. The first-order chi connectivity index (χ1) is 7.04. The number of methoxy groups -OCH3 is 1. The van der Waals surface area contributed by atoms with Crippen molar-refractivity contribution in [1.29, 1.82) is 0 Å². The van der Waals surface area contributed by atoms with E-state index >= 15 is 0 Å². The Morgan fingerprint density at radius 3 is 2.73 bits per heavy atom. The van der Waals surface area contributed by atoms with Crippen LogP contribution >= 0.6 is 0 Å². The van der Waals surface area contributed by atoms with Crippen LogP contribution in [0.5, 0.6) is 0 Å². The van der Waals surface area contributed by atoms with Gasteiger partial charge in [0, 0.05) is 13.5 Å². The van der Waals surface area contributed by atoms with Crippen LogP contribution in [0.25, 0.3) is 0 Å². The van der Waals surface area contributed by atoms with Gasteiger partial charge in [0.05, 0.1) is 11.7 Å². The fourth-order valence-electron chi connectivity index (χ4n) is 1.17. The van der Waals surface area contributed by atoms with E-state index in [1.807, 2.05) is 0 Å². The highest BCUT2D eigenvalue weighted by Gasteiger charge is 2.15. The highest BCUT2D eigenvalue weighted by Crippen LogP contribution is 2.13. The van der Waals surface area contributed by atoms with Crippen molar-refractivity contribution in [1.82, 2.24) is 0 Å². The van der Waals surface area contributed by atoms with Gasteiger partial charge in [-0.3, -0.25) is 4.79 Å². The zero-order valence-corrected chi connectivity index (χ0v) is 8.59. The number of ether oxygens (including phenoxy) is 1. The molecule has 0 bridgehead atoms. The molecule has 1 rings (SSSR count). The molecule has 82 valence electrons. The zero-order valence-electron chi connectivity index (χ0n) is 8.59. The van der Waals surface area contributed by atoms with Gasteiger partial charge in [-0.25, -0.2) is 8.78 Å². The second-order valence-electron chi connectivity index (χ2n) is 3.30. The molecule has 0 saturated heterocycles. The summed E-state index contributed by atoms with van der Waals surface area (Å²) in [6.07, 6.45) is -0.267. The summed E-state index contributed by atoms with van der Waals surface area (Å²) in [5, 5.41) is 0. The third-order valence-corrected chi connectivity index (χ3v) is 2.10. The van der Waals surface area contributed by atoms with E-state index < -0.39 is 17.4 Å². The van der Waals surface area contributed by atoms with Gasteiger partial charge in [0.15, 0.2) is 5.78 Å². The standard InChI is InChI=1S/C11H12F2O2/c1-7(15-2)5-11(14)9-6-8(12)3-4-10(9)13/h3-4,6-7H,5H2,1-2H3. The summed E-state index contributed by atoms with van der Waals surface area (Å²) >= 11 is 0. The number of carbonyl (C=O) groups is 1. The number of hydrogen-bond donors (Lipinski definition) is 0. The number of hydrogen-bond acceptors (Lipinski definition) is 2. The average Bonchev–Trinajstić information content (AvgIpc) is 2.21. The third-order valence-electron chi connectivity index (χ3n) is 2.10. The Morgan fingerprint density at radius 2 is 2.13 bits per heavy atom. The number of benzene rings is 1. The molecule has 1 aromatic rings. The number of ketones is 1. The molecule has 0 fully saturated rings. The zero-order chi connectivity index (χ0) is 11.4. The molecule has 1 unspecified atom stereocenters. The van der Waals surface area contributed by atoms with Gasteiger partial charge in [-0.2, -0.15) is 0 Å². The molecule has 1 aromatic carbocycles. The van der Waals surface area contributed by atoms with E-state index in [0.29, 0.717) is 0 Å². The topological polar surface area (TPSA) is 26.3 Å². The van der Waals surface area contributed by atoms with E-state index in [0.717, 1.165) is 18.2 Å². The lowest BCUT2D eigenvalue weighted by atomic mass is 10.1. The summed E-state index contributed by atoms with van der Waals surface area (Å²) in [6.45, 7) is 1.69. The summed E-state index contributed by atoms with van der Waals surface area (Å²) in [5.74, 6) is -1.78. The second-order valence-corrected chi connectivity index (χ2v) is 3.30. The van der Waals surface area contributed by atoms with E-state index in [9.17, 15) is 13.6 Å². The number of carbonyl (C=O) groups excluding carboxylic acids is 1. The Kier molecular flexibility index (Phi) is 3.91. The maximum atomic E-state index is 13.1. The Hall–Kier alpha value is -1.29. The van der Waals surface area contributed by atoms with Crippen LogP contribution in [0.2, 0.25) is 0 Å². The highest BCUT2D eigenvalue weighted by atomic mass is 19.1. The fraction of sp³-hybridized carbons (Fsp3) is 0.364. The first-order valence-corrected chi connectivity index (χ1v) is 4.55. The molecule has 0 aliphatic carbocycles. The molecule has 0 aliphatic rings. The van der Waals surface area contributed by atoms with E-state index in [2.05, 4.69) is 0 Å². The van der Waals surface area contributed by atoms with Gasteiger partial charge >= 0.3 is 0 Å². The SMILES string of the molecule is COC(C)CC(=O)c1cc(F)ccc1F. The molecule has 0 aromatic heterocycles. The minimum absolute atomic E-state index is 0.0386. The Bertz CT molecular complexity index is 364. The van der Waals surface area contributed by atoms with Crippen molar-refractivity contribution in [3.63, 3.8) is 0 Å². The molecular weight excluding hydrogens is 202 g/mol. The van der Waals surface area contributed by atoms with E-state index in [4.69, 9.17) is 4.74 Å². The first-order valence-electron chi connectivity index (χ1n) is 4.55. The third kappa shape index (κ3) is 3.09. The van der Waals surface area contributed by atoms with Crippen LogP contribution in [-0.2, 0) is 4.74 Å². The summed E-state index contributed by atoms with van der Waals surface area (Å²) in [7, 11) is 1.46. The average molecular weight is 214 g/mol. The molecule has 4 heteroatoms. The molecule has 0 aliphatic heterocycles. The minimum atomic E-state index is -0.704. The molecule has 0 radical (unpaired) electrons. The van der Waals surface area contributed by atoms with Crippen molar-refractivity contribution in [2.45, 2.75) is 19.4 Å². The summed E-state index contributed by atoms with van der Waals surface area (Å²) < 4.78 is 30.8. The van der Waals surface area contributed by atoms with Crippen LogP contribution in [0.4, 0.5) is 8.78 Å². The van der Waals surface area contributed by atoms with Crippen LogP contribution in [-0.4, -0.2) is 19.0 Å². The normalized spacial score (nSPS) is 12.5. The molecule has 1 atom stereocenters. The van der Waals surface area contributed by atoms with Crippen molar-refractivity contribution in [2.75, 3.05) is 7.11 Å². The lowest BCUT2D eigenvalue weighted by molar-refractivity contribution is 0.0788. The van der Waals surface area contributed by atoms with Crippen LogP contribution in [0, 0.1) is 11.6 Å². The second kappa shape index (κ2) is 4.98. The Balaban J connectivity index is 2.86. The quantitative estimate of drug-likeness (QED) is 0.720. The molecule has 15 heavy (non-hydrogen) atoms. The predicted octanol–water partition coefficient (Wildman–Crippen LogP) is 2.57. The maximum absolute atomic E-state index is 13.1. The van der Waals surface area contributed by atoms with E-state index in [-0.39, 0.29) is 18.1 Å². The van der Waals surface area contributed by atoms with Crippen LogP contribution in [0.1, 0.15) is 23.7 Å². The summed E-state index contributed by atoms with van der Waals surface area (Å²) in [6, 6.07) is 2.83. The van der Waals surface area contributed by atoms with Crippen molar-refractivity contribution in [3.05, 3.63) is 35.4 Å². The number of Topliss-reactive ketones (excluding diaryl/α,β-unsaturated/α-hetero) is 1. The smallest absolute Gasteiger partial charge is 0.168 e. The van der Waals surface area contributed by atoms with Gasteiger partial charge in [0.2, 0.25) is 0 Å². The maximum Gasteiger partial charge on any atom is 0.168 e. The summed E-state index contributed by atoms with van der Waals surface area (Å²) in [5.41, 5.74) is -0.223. The number of rotatable bonds is 4. The van der Waals surface area contributed by atoms with E-state index in [1.54, 1.807) is 6.92 Å². The molecular formula is C11H12F2O2. The minimum Gasteiger partial charge on any atom is -0.381 e. The lowest BCUT2D eigenvalue weighted by Gasteiger charge is -2.08. The Morgan fingerprint density at radius 1 is 1.47 bits per heavy atom. The van der Waals surface area contributed by atoms with E-state index in [1.165, 1.54) is 7.11 Å². The van der Waals surface area contributed by atoms with Gasteiger partial charge in [0.1, 0.15) is 11.6 Å². The van der Waals surface area contributed by atoms with Crippen LogP contribution in [0.3, 0.4) is 0 Å². The van der Waals surface area contributed by atoms with Crippen LogP contribution < -0.4 is 0 Å². The molecule has 0 heterocycles. The Labute approximate surface area is 86.9 Å². The molecule has 0 amide bonds. The van der Waals surface area contributed by atoms with Crippen LogP contribution in [0.15, 0.2) is 18.2 Å². The number of halogens is 2. The van der Waals surface area contributed by atoms with Crippen molar-refractivity contribution in [3.8, 4) is 0 Å².